The summed E-state index contributed by atoms with van der Waals surface area (Å²) in [5, 5.41) is 4.85. The number of aromatic nitrogens is 4. The van der Waals surface area contributed by atoms with E-state index in [-0.39, 0.29) is 5.56 Å². The van der Waals surface area contributed by atoms with Crippen LogP contribution in [0.4, 0.5) is 0 Å². The van der Waals surface area contributed by atoms with E-state index in [0.29, 0.717) is 11.8 Å². The van der Waals surface area contributed by atoms with Gasteiger partial charge in [-0.3, -0.25) is 14.0 Å². The van der Waals surface area contributed by atoms with Gasteiger partial charge < -0.3 is 0 Å². The van der Waals surface area contributed by atoms with Gasteiger partial charge in [0.05, 0.1) is 22.8 Å². The van der Waals surface area contributed by atoms with Gasteiger partial charge in [-0.05, 0) is 23.8 Å². The summed E-state index contributed by atoms with van der Waals surface area (Å²) in [6, 6.07) is 15.4. The fraction of sp³-hybridized carbons (Fsp3) is 0.150. The molecule has 0 aliphatic carbocycles. The van der Waals surface area contributed by atoms with Gasteiger partial charge >= 0.3 is 0 Å². The van der Waals surface area contributed by atoms with Gasteiger partial charge in [-0.25, -0.2) is 4.98 Å². The van der Waals surface area contributed by atoms with E-state index in [1.54, 1.807) is 15.4 Å². The smallest absolute Gasteiger partial charge is 0.266 e. The minimum atomic E-state index is -0.0486. The number of hydrogen-bond donors (Lipinski definition) is 0. The number of aryl methyl sites for hydroxylation is 2. The van der Waals surface area contributed by atoms with Crippen LogP contribution in [0.3, 0.4) is 0 Å². The molecule has 5 heteroatoms. The zero-order chi connectivity index (χ0) is 17.4. The van der Waals surface area contributed by atoms with Gasteiger partial charge in [0.25, 0.3) is 5.56 Å². The lowest BCUT2D eigenvalue weighted by molar-refractivity contribution is 0.768. The molecule has 2 aromatic carbocycles. The van der Waals surface area contributed by atoms with Gasteiger partial charge in [-0.2, -0.15) is 5.10 Å². The highest BCUT2D eigenvalue weighted by molar-refractivity contribution is 5.93. The Morgan fingerprint density at radius 3 is 2.52 bits per heavy atom. The summed E-state index contributed by atoms with van der Waals surface area (Å²) in [5.41, 5.74) is 3.27. The largest absolute Gasteiger partial charge is 0.275 e. The molecule has 0 N–H and O–H groups in total. The Bertz CT molecular complexity index is 1110. The molecule has 0 radical (unpaired) electrons. The highest BCUT2D eigenvalue weighted by atomic mass is 16.1. The van der Waals surface area contributed by atoms with Gasteiger partial charge in [0.1, 0.15) is 5.82 Å². The van der Waals surface area contributed by atoms with Crippen LogP contribution >= 0.6 is 0 Å². The zero-order valence-electron chi connectivity index (χ0n) is 14.2. The first kappa shape index (κ1) is 15.3. The van der Waals surface area contributed by atoms with Gasteiger partial charge in [0.15, 0.2) is 0 Å². The van der Waals surface area contributed by atoms with Crippen LogP contribution in [0.15, 0.2) is 65.7 Å². The van der Waals surface area contributed by atoms with E-state index in [9.17, 15) is 4.79 Å². The predicted octanol–water partition coefficient (Wildman–Crippen LogP) is 3.35. The Labute approximate surface area is 145 Å². The van der Waals surface area contributed by atoms with Crippen molar-refractivity contribution in [3.05, 3.63) is 77.1 Å². The van der Waals surface area contributed by atoms with Crippen LogP contribution in [-0.2, 0) is 13.5 Å². The van der Waals surface area contributed by atoms with Crippen molar-refractivity contribution in [2.24, 2.45) is 7.05 Å². The molecule has 0 saturated carbocycles. The topological polar surface area (TPSA) is 52.7 Å². The van der Waals surface area contributed by atoms with Gasteiger partial charge in [0, 0.05) is 25.2 Å². The van der Waals surface area contributed by atoms with E-state index in [4.69, 9.17) is 4.98 Å². The molecule has 0 unspecified atom stereocenters. The van der Waals surface area contributed by atoms with E-state index in [2.05, 4.69) is 5.10 Å². The number of hydrogen-bond acceptors (Lipinski definition) is 3. The number of nitrogens with zero attached hydrogens (tertiary/aromatic N) is 4. The van der Waals surface area contributed by atoms with Crippen molar-refractivity contribution in [3.63, 3.8) is 0 Å². The standard InChI is InChI=1S/C20H18N4O/c1-3-18-22-17-11-7-10-16(14-12-21-23(2)13-14)19(17)20(25)24(18)15-8-5-4-6-9-15/h4-13H,3H2,1-2H3. The van der Waals surface area contributed by atoms with Crippen LogP contribution in [0.25, 0.3) is 27.7 Å². The minimum Gasteiger partial charge on any atom is -0.275 e. The summed E-state index contributed by atoms with van der Waals surface area (Å²) < 4.78 is 3.44. The molecule has 0 aliphatic heterocycles. The summed E-state index contributed by atoms with van der Waals surface area (Å²) >= 11 is 0. The van der Waals surface area contributed by atoms with E-state index in [0.717, 1.165) is 28.2 Å². The number of para-hydroxylation sites is 1. The van der Waals surface area contributed by atoms with Crippen molar-refractivity contribution >= 4 is 10.9 Å². The second kappa shape index (κ2) is 6.02. The molecular weight excluding hydrogens is 312 g/mol. The molecule has 0 bridgehead atoms. The first-order chi connectivity index (χ1) is 12.2. The molecule has 0 fully saturated rings. The maximum absolute atomic E-state index is 13.4. The van der Waals surface area contributed by atoms with E-state index >= 15 is 0 Å². The molecule has 0 aliphatic rings. The molecule has 2 heterocycles. The lowest BCUT2D eigenvalue weighted by Gasteiger charge is -2.14. The zero-order valence-corrected chi connectivity index (χ0v) is 14.2. The van der Waals surface area contributed by atoms with Crippen LogP contribution in [0, 0.1) is 0 Å². The summed E-state index contributed by atoms with van der Waals surface area (Å²) in [4.78, 5) is 18.2. The number of rotatable bonds is 3. The average molecular weight is 330 g/mol. The lowest BCUT2D eigenvalue weighted by atomic mass is 10.0. The molecule has 0 spiro atoms. The first-order valence-corrected chi connectivity index (χ1v) is 8.28. The van der Waals surface area contributed by atoms with Gasteiger partial charge in [-0.15, -0.1) is 0 Å². The molecule has 0 atom stereocenters. The van der Waals surface area contributed by atoms with Crippen molar-refractivity contribution in [1.29, 1.82) is 0 Å². The SMILES string of the molecule is CCc1nc2cccc(-c3cnn(C)c3)c2c(=O)n1-c1ccccc1. The Morgan fingerprint density at radius 2 is 1.84 bits per heavy atom. The third-order valence-electron chi connectivity index (χ3n) is 4.31. The molecule has 0 amide bonds. The van der Waals surface area contributed by atoms with Crippen LogP contribution in [-0.4, -0.2) is 19.3 Å². The predicted molar refractivity (Wildman–Crippen MR) is 98.9 cm³/mol. The highest BCUT2D eigenvalue weighted by Gasteiger charge is 2.15. The number of fused-ring (bicyclic) bond motifs is 1. The second-order valence-electron chi connectivity index (χ2n) is 5.96. The fourth-order valence-corrected chi connectivity index (χ4v) is 3.16. The average Bonchev–Trinajstić information content (AvgIpc) is 3.08. The summed E-state index contributed by atoms with van der Waals surface area (Å²) in [6.45, 7) is 2.01. The first-order valence-electron chi connectivity index (χ1n) is 8.28. The van der Waals surface area contributed by atoms with E-state index in [1.165, 1.54) is 0 Å². The van der Waals surface area contributed by atoms with Crippen LogP contribution in [0.5, 0.6) is 0 Å². The Morgan fingerprint density at radius 1 is 1.04 bits per heavy atom. The summed E-state index contributed by atoms with van der Waals surface area (Å²) in [7, 11) is 1.87. The Hall–Kier alpha value is -3.21. The third kappa shape index (κ3) is 2.54. The van der Waals surface area contributed by atoms with Crippen molar-refractivity contribution < 1.29 is 0 Å². The summed E-state index contributed by atoms with van der Waals surface area (Å²) in [5.74, 6) is 0.757. The molecular formula is C20H18N4O. The minimum absolute atomic E-state index is 0.0486. The molecule has 124 valence electrons. The normalized spacial score (nSPS) is 11.1. The quantitative estimate of drug-likeness (QED) is 0.579. The molecule has 0 saturated heterocycles. The maximum atomic E-state index is 13.4. The molecule has 4 rings (SSSR count). The van der Waals surface area contributed by atoms with Crippen molar-refractivity contribution in [1.82, 2.24) is 19.3 Å². The number of benzene rings is 2. The van der Waals surface area contributed by atoms with E-state index < -0.39 is 0 Å². The van der Waals surface area contributed by atoms with Crippen LogP contribution in [0.2, 0.25) is 0 Å². The van der Waals surface area contributed by atoms with Crippen molar-refractivity contribution in [2.75, 3.05) is 0 Å². The Balaban J connectivity index is 2.10. The highest BCUT2D eigenvalue weighted by Crippen LogP contribution is 2.26. The van der Waals surface area contributed by atoms with Crippen molar-refractivity contribution in [2.45, 2.75) is 13.3 Å². The lowest BCUT2D eigenvalue weighted by Crippen LogP contribution is -2.24. The van der Waals surface area contributed by atoms with Crippen LogP contribution < -0.4 is 5.56 Å². The molecule has 5 nitrogen and oxygen atoms in total. The van der Waals surface area contributed by atoms with Gasteiger partial charge in [0.2, 0.25) is 0 Å². The molecule has 25 heavy (non-hydrogen) atoms. The Kier molecular flexibility index (Phi) is 3.69. The monoisotopic (exact) mass is 330 g/mol. The molecule has 4 aromatic rings. The van der Waals surface area contributed by atoms with Crippen molar-refractivity contribution in [3.8, 4) is 16.8 Å². The van der Waals surface area contributed by atoms with E-state index in [1.807, 2.05) is 68.7 Å². The third-order valence-corrected chi connectivity index (χ3v) is 4.31. The van der Waals surface area contributed by atoms with Gasteiger partial charge in [-0.1, -0.05) is 37.3 Å². The fourth-order valence-electron chi connectivity index (χ4n) is 3.16. The maximum Gasteiger partial charge on any atom is 0.266 e. The molecule has 2 aromatic heterocycles. The second-order valence-corrected chi connectivity index (χ2v) is 5.96. The summed E-state index contributed by atoms with van der Waals surface area (Å²) in [6.07, 6.45) is 4.36. The van der Waals surface area contributed by atoms with Crippen LogP contribution in [0.1, 0.15) is 12.7 Å².